The van der Waals surface area contributed by atoms with Crippen molar-refractivity contribution in [1.29, 1.82) is 0 Å². The van der Waals surface area contributed by atoms with Gasteiger partial charge in [-0.05, 0) is 34.5 Å². The fourth-order valence-electron chi connectivity index (χ4n) is 3.13. The minimum Gasteiger partial charge on any atom is -0.508 e. The quantitative estimate of drug-likeness (QED) is 0.702. The van der Waals surface area contributed by atoms with Crippen LogP contribution in [0.3, 0.4) is 0 Å². The summed E-state index contributed by atoms with van der Waals surface area (Å²) in [5.41, 5.74) is 2.67. The summed E-state index contributed by atoms with van der Waals surface area (Å²) in [6.45, 7) is 0. The number of hydrogen-bond donors (Lipinski definition) is 2. The fraction of sp³-hybridized carbons (Fsp3) is 0.105. The van der Waals surface area contributed by atoms with Crippen molar-refractivity contribution in [2.75, 3.05) is 5.32 Å². The summed E-state index contributed by atoms with van der Waals surface area (Å²) in [5.74, 6) is 0.390. The molecule has 1 unspecified atom stereocenters. The Balaban J connectivity index is 1.79. The van der Waals surface area contributed by atoms with Gasteiger partial charge in [0.2, 0.25) is 0 Å². The van der Waals surface area contributed by atoms with Gasteiger partial charge in [-0.3, -0.25) is 4.79 Å². The molecule has 0 aromatic heterocycles. The van der Waals surface area contributed by atoms with Gasteiger partial charge in [0.25, 0.3) is 0 Å². The molecule has 22 heavy (non-hydrogen) atoms. The summed E-state index contributed by atoms with van der Waals surface area (Å²) >= 11 is 0. The Bertz CT molecular complexity index is 868. The second kappa shape index (κ2) is 4.88. The molecule has 0 bridgehead atoms. The molecule has 108 valence electrons. The maximum atomic E-state index is 12.7. The van der Waals surface area contributed by atoms with Crippen LogP contribution < -0.4 is 5.32 Å². The molecular formula is C19H15NO2. The first-order valence-corrected chi connectivity index (χ1v) is 7.33. The van der Waals surface area contributed by atoms with E-state index < -0.39 is 0 Å². The number of phenolic OH excluding ortho intramolecular Hbond substituents is 1. The summed E-state index contributed by atoms with van der Waals surface area (Å²) in [4.78, 5) is 12.7. The third kappa shape index (κ3) is 2.02. The van der Waals surface area contributed by atoms with Crippen LogP contribution in [0.25, 0.3) is 10.8 Å². The standard InChI is InChI=1S/C19H15NO2/c21-14-8-5-13(6-9-14)17-11-18(22)19-15-4-2-1-3-12(15)7-10-16(19)20-17/h1-10,17,20-21H,11H2. The highest BCUT2D eigenvalue weighted by Gasteiger charge is 2.27. The number of anilines is 1. The number of rotatable bonds is 1. The summed E-state index contributed by atoms with van der Waals surface area (Å²) in [6, 6.07) is 18.9. The topological polar surface area (TPSA) is 49.3 Å². The van der Waals surface area contributed by atoms with Crippen molar-refractivity contribution in [1.82, 2.24) is 0 Å². The normalized spacial score (nSPS) is 17.1. The van der Waals surface area contributed by atoms with E-state index in [9.17, 15) is 9.90 Å². The first kappa shape index (κ1) is 12.9. The van der Waals surface area contributed by atoms with Gasteiger partial charge >= 0.3 is 0 Å². The van der Waals surface area contributed by atoms with Crippen molar-refractivity contribution in [3.05, 3.63) is 71.8 Å². The van der Waals surface area contributed by atoms with Crippen LogP contribution in [0.4, 0.5) is 5.69 Å². The highest BCUT2D eigenvalue weighted by Crippen LogP contribution is 2.36. The zero-order chi connectivity index (χ0) is 15.1. The Morgan fingerprint density at radius 3 is 2.55 bits per heavy atom. The summed E-state index contributed by atoms with van der Waals surface area (Å²) < 4.78 is 0. The van der Waals surface area contributed by atoms with Crippen LogP contribution in [0, 0.1) is 0 Å². The molecule has 0 saturated carbocycles. The molecule has 0 aliphatic carbocycles. The molecule has 1 aliphatic heterocycles. The van der Waals surface area contributed by atoms with Gasteiger partial charge in [-0.15, -0.1) is 0 Å². The van der Waals surface area contributed by atoms with Crippen LogP contribution in [-0.2, 0) is 0 Å². The van der Waals surface area contributed by atoms with E-state index in [1.807, 2.05) is 48.5 Å². The molecule has 3 aromatic rings. The van der Waals surface area contributed by atoms with Gasteiger partial charge in [0.05, 0.1) is 6.04 Å². The van der Waals surface area contributed by atoms with Crippen LogP contribution in [0.15, 0.2) is 60.7 Å². The van der Waals surface area contributed by atoms with E-state index in [1.54, 1.807) is 12.1 Å². The molecule has 0 saturated heterocycles. The average molecular weight is 289 g/mol. The first-order valence-electron chi connectivity index (χ1n) is 7.33. The number of carbonyl (C=O) groups is 1. The van der Waals surface area contributed by atoms with Gasteiger partial charge in [-0.2, -0.15) is 0 Å². The highest BCUT2D eigenvalue weighted by atomic mass is 16.3. The maximum Gasteiger partial charge on any atom is 0.167 e. The Morgan fingerprint density at radius 2 is 1.73 bits per heavy atom. The van der Waals surface area contributed by atoms with Crippen LogP contribution in [0.5, 0.6) is 5.75 Å². The van der Waals surface area contributed by atoms with Gasteiger partial charge in [-0.25, -0.2) is 0 Å². The second-order valence-corrected chi connectivity index (χ2v) is 5.63. The average Bonchev–Trinajstić information content (AvgIpc) is 2.55. The van der Waals surface area contributed by atoms with Crippen molar-refractivity contribution in [2.45, 2.75) is 12.5 Å². The van der Waals surface area contributed by atoms with Crippen molar-refractivity contribution >= 4 is 22.2 Å². The van der Waals surface area contributed by atoms with E-state index in [4.69, 9.17) is 0 Å². The zero-order valence-corrected chi connectivity index (χ0v) is 11.9. The molecule has 4 rings (SSSR count). The lowest BCUT2D eigenvalue weighted by Crippen LogP contribution is -2.23. The number of aromatic hydroxyl groups is 1. The lowest BCUT2D eigenvalue weighted by molar-refractivity contribution is 0.0974. The first-order chi connectivity index (χ1) is 10.7. The molecule has 0 radical (unpaired) electrons. The Kier molecular flexibility index (Phi) is 2.86. The summed E-state index contributed by atoms with van der Waals surface area (Å²) in [6.07, 6.45) is 0.422. The van der Waals surface area contributed by atoms with E-state index >= 15 is 0 Å². The number of phenols is 1. The minimum absolute atomic E-state index is 0.0539. The molecular weight excluding hydrogens is 274 g/mol. The predicted molar refractivity (Wildman–Crippen MR) is 87.4 cm³/mol. The predicted octanol–water partition coefficient (Wildman–Crippen LogP) is 4.29. The molecule has 3 nitrogen and oxygen atoms in total. The Labute approximate surface area is 128 Å². The summed E-state index contributed by atoms with van der Waals surface area (Å²) in [7, 11) is 0. The maximum absolute atomic E-state index is 12.7. The minimum atomic E-state index is -0.0539. The van der Waals surface area contributed by atoms with Gasteiger partial charge in [0.1, 0.15) is 5.75 Å². The molecule has 1 aliphatic rings. The molecule has 1 heterocycles. The van der Waals surface area contributed by atoms with Crippen molar-refractivity contribution < 1.29 is 9.90 Å². The van der Waals surface area contributed by atoms with Gasteiger partial charge in [0.15, 0.2) is 5.78 Å². The molecule has 3 heteroatoms. The number of hydrogen-bond acceptors (Lipinski definition) is 3. The van der Waals surface area contributed by atoms with Crippen molar-refractivity contribution in [3.8, 4) is 5.75 Å². The van der Waals surface area contributed by atoms with E-state index in [0.717, 1.165) is 27.6 Å². The number of nitrogens with one attached hydrogen (secondary N) is 1. The lowest BCUT2D eigenvalue weighted by atomic mass is 9.89. The second-order valence-electron chi connectivity index (χ2n) is 5.63. The van der Waals surface area contributed by atoms with Crippen molar-refractivity contribution in [3.63, 3.8) is 0 Å². The fourth-order valence-corrected chi connectivity index (χ4v) is 3.13. The number of carbonyl (C=O) groups excluding carboxylic acids is 1. The highest BCUT2D eigenvalue weighted by molar-refractivity contribution is 6.14. The number of benzene rings is 3. The van der Waals surface area contributed by atoms with E-state index in [1.165, 1.54) is 0 Å². The Morgan fingerprint density at radius 1 is 0.955 bits per heavy atom. The summed E-state index contributed by atoms with van der Waals surface area (Å²) in [5, 5.41) is 14.9. The monoisotopic (exact) mass is 289 g/mol. The largest absolute Gasteiger partial charge is 0.508 e. The number of fused-ring (bicyclic) bond motifs is 3. The van der Waals surface area contributed by atoms with Crippen LogP contribution in [0.2, 0.25) is 0 Å². The third-order valence-corrected chi connectivity index (χ3v) is 4.22. The number of Topliss-reactive ketones (excluding diaryl/α,β-unsaturated/α-hetero) is 1. The lowest BCUT2D eigenvalue weighted by Gasteiger charge is -2.27. The zero-order valence-electron chi connectivity index (χ0n) is 11.9. The van der Waals surface area contributed by atoms with Crippen LogP contribution in [0.1, 0.15) is 28.4 Å². The van der Waals surface area contributed by atoms with E-state index in [2.05, 4.69) is 5.32 Å². The Hall–Kier alpha value is -2.81. The molecule has 2 N–H and O–H groups in total. The van der Waals surface area contributed by atoms with Crippen LogP contribution >= 0.6 is 0 Å². The molecule has 0 spiro atoms. The molecule has 3 aromatic carbocycles. The van der Waals surface area contributed by atoms with E-state index in [-0.39, 0.29) is 17.6 Å². The third-order valence-electron chi connectivity index (χ3n) is 4.22. The van der Waals surface area contributed by atoms with Crippen LogP contribution in [-0.4, -0.2) is 10.9 Å². The van der Waals surface area contributed by atoms with E-state index in [0.29, 0.717) is 6.42 Å². The van der Waals surface area contributed by atoms with Gasteiger partial charge in [0, 0.05) is 17.7 Å². The number of ketones is 1. The SMILES string of the molecule is O=C1CC(c2ccc(O)cc2)Nc2ccc3ccccc3c21. The van der Waals surface area contributed by atoms with Crippen molar-refractivity contribution in [2.24, 2.45) is 0 Å². The molecule has 0 fully saturated rings. The molecule has 1 atom stereocenters. The van der Waals surface area contributed by atoms with Gasteiger partial charge < -0.3 is 10.4 Å². The van der Waals surface area contributed by atoms with Gasteiger partial charge in [-0.1, -0.05) is 42.5 Å². The molecule has 0 amide bonds. The smallest absolute Gasteiger partial charge is 0.167 e.